The highest BCUT2D eigenvalue weighted by atomic mass is 32.2. The van der Waals surface area contributed by atoms with Crippen LogP contribution in [0.15, 0.2) is 24.3 Å². The van der Waals surface area contributed by atoms with E-state index >= 15 is 0 Å². The molecule has 0 spiro atoms. The first-order chi connectivity index (χ1) is 9.76. The van der Waals surface area contributed by atoms with Gasteiger partial charge in [0.25, 0.3) is 10.2 Å². The van der Waals surface area contributed by atoms with Crippen molar-refractivity contribution in [3.63, 3.8) is 0 Å². The fourth-order valence-corrected chi connectivity index (χ4v) is 2.50. The highest BCUT2D eigenvalue weighted by Gasteiger charge is 2.33. The van der Waals surface area contributed by atoms with Gasteiger partial charge in [-0.1, -0.05) is 19.9 Å². The maximum absolute atomic E-state index is 12.4. The third-order valence-electron chi connectivity index (χ3n) is 3.61. The summed E-state index contributed by atoms with van der Waals surface area (Å²) in [5, 5.41) is 7.68. The van der Waals surface area contributed by atoms with E-state index < -0.39 is 15.6 Å². The van der Waals surface area contributed by atoms with Gasteiger partial charge in [-0.05, 0) is 31.0 Å². The largest absolute Gasteiger partial charge is 0.329 e. The van der Waals surface area contributed by atoms with Crippen LogP contribution in [0.5, 0.6) is 0 Å². The van der Waals surface area contributed by atoms with E-state index in [1.807, 2.05) is 13.8 Å². The van der Waals surface area contributed by atoms with E-state index in [0.717, 1.165) is 0 Å². The first-order valence-electron chi connectivity index (χ1n) is 6.68. The van der Waals surface area contributed by atoms with Gasteiger partial charge in [0, 0.05) is 12.2 Å². The molecule has 0 aromatic heterocycles. The molecule has 6 N–H and O–H groups in total. The summed E-state index contributed by atoms with van der Waals surface area (Å²) in [6.45, 7) is 4.07. The molecule has 1 amide bonds. The zero-order valence-corrected chi connectivity index (χ0v) is 13.0. The molecule has 0 atom stereocenters. The van der Waals surface area contributed by atoms with Gasteiger partial charge in [0.2, 0.25) is 5.91 Å². The van der Waals surface area contributed by atoms with E-state index in [1.54, 1.807) is 12.1 Å². The highest BCUT2D eigenvalue weighted by Crippen LogP contribution is 2.27. The molecule has 0 radical (unpaired) electrons. The normalized spacial score (nSPS) is 12.0. The van der Waals surface area contributed by atoms with Crippen molar-refractivity contribution in [3.8, 4) is 0 Å². The first-order valence-corrected chi connectivity index (χ1v) is 8.23. The number of rotatable bonds is 7. The molecular weight excluding hydrogens is 292 g/mol. The molecule has 0 saturated carbocycles. The Hall–Kier alpha value is -1.64. The summed E-state index contributed by atoms with van der Waals surface area (Å²) in [6.07, 6.45) is 1.25. The summed E-state index contributed by atoms with van der Waals surface area (Å²) in [5.41, 5.74) is 5.87. The lowest BCUT2D eigenvalue weighted by Gasteiger charge is -2.28. The van der Waals surface area contributed by atoms with Gasteiger partial charge in [-0.3, -0.25) is 9.52 Å². The lowest BCUT2D eigenvalue weighted by Crippen LogP contribution is -2.41. The Labute approximate surface area is 125 Å². The monoisotopic (exact) mass is 314 g/mol. The second-order valence-corrected chi connectivity index (χ2v) is 6.17. The molecule has 21 heavy (non-hydrogen) atoms. The van der Waals surface area contributed by atoms with E-state index in [-0.39, 0.29) is 18.1 Å². The molecule has 1 rings (SSSR count). The van der Waals surface area contributed by atoms with E-state index in [9.17, 15) is 13.2 Å². The van der Waals surface area contributed by atoms with Crippen molar-refractivity contribution in [1.82, 2.24) is 0 Å². The number of hydrogen-bond acceptors (Lipinski definition) is 4. The van der Waals surface area contributed by atoms with Crippen molar-refractivity contribution in [2.75, 3.05) is 16.6 Å². The van der Waals surface area contributed by atoms with Crippen LogP contribution in [0.2, 0.25) is 0 Å². The molecule has 0 aliphatic rings. The topological polar surface area (TPSA) is 127 Å². The minimum atomic E-state index is -3.85. The number of nitrogens with two attached hydrogens (primary N) is 2. The van der Waals surface area contributed by atoms with Crippen molar-refractivity contribution < 1.29 is 13.2 Å². The van der Waals surface area contributed by atoms with Gasteiger partial charge < -0.3 is 11.1 Å². The van der Waals surface area contributed by atoms with E-state index in [2.05, 4.69) is 10.0 Å². The van der Waals surface area contributed by atoms with Crippen LogP contribution >= 0.6 is 0 Å². The molecule has 0 aliphatic heterocycles. The van der Waals surface area contributed by atoms with Gasteiger partial charge in [0.1, 0.15) is 0 Å². The third-order valence-corrected chi connectivity index (χ3v) is 4.13. The van der Waals surface area contributed by atoms with Gasteiger partial charge >= 0.3 is 0 Å². The fourth-order valence-electron chi connectivity index (χ4n) is 2.04. The number of carbonyl (C=O) groups excluding carboxylic acids is 1. The predicted molar refractivity (Wildman–Crippen MR) is 83.9 cm³/mol. The van der Waals surface area contributed by atoms with Crippen LogP contribution < -0.4 is 20.9 Å². The number of hydrogen-bond donors (Lipinski definition) is 4. The van der Waals surface area contributed by atoms with Gasteiger partial charge in [-0.2, -0.15) is 8.42 Å². The van der Waals surface area contributed by atoms with Crippen LogP contribution in [0.3, 0.4) is 0 Å². The summed E-state index contributed by atoms with van der Waals surface area (Å²) < 4.78 is 24.1. The lowest BCUT2D eigenvalue weighted by molar-refractivity contribution is -0.125. The maximum Gasteiger partial charge on any atom is 0.296 e. The smallest absolute Gasteiger partial charge is 0.296 e. The number of carbonyl (C=O) groups is 1. The zero-order chi connectivity index (χ0) is 16.1. The van der Waals surface area contributed by atoms with E-state index in [0.29, 0.717) is 18.5 Å². The number of amides is 1. The number of nitrogens with one attached hydrogen (secondary N) is 2. The Bertz CT molecular complexity index is 589. The SMILES string of the molecule is CCC(CC)(CN)C(=O)Nc1cccc(NS(N)(=O)=O)c1. The molecular formula is C13H22N4O3S. The average molecular weight is 314 g/mol. The number of benzene rings is 1. The van der Waals surface area contributed by atoms with Crippen molar-refractivity contribution >= 4 is 27.5 Å². The summed E-state index contributed by atoms with van der Waals surface area (Å²) in [6, 6.07) is 6.31. The summed E-state index contributed by atoms with van der Waals surface area (Å²) in [4.78, 5) is 12.4. The molecule has 7 nitrogen and oxygen atoms in total. The van der Waals surface area contributed by atoms with E-state index in [4.69, 9.17) is 10.9 Å². The second-order valence-electron chi connectivity index (χ2n) is 4.87. The minimum Gasteiger partial charge on any atom is -0.329 e. The molecule has 0 bridgehead atoms. The van der Waals surface area contributed by atoms with E-state index in [1.165, 1.54) is 12.1 Å². The molecule has 118 valence electrons. The third kappa shape index (κ3) is 4.69. The lowest BCUT2D eigenvalue weighted by atomic mass is 9.81. The Morgan fingerprint density at radius 1 is 1.24 bits per heavy atom. The molecule has 0 unspecified atom stereocenters. The second kappa shape index (κ2) is 6.88. The fraction of sp³-hybridized carbons (Fsp3) is 0.462. The molecule has 0 aliphatic carbocycles. The van der Waals surface area contributed by atoms with Crippen molar-refractivity contribution in [2.24, 2.45) is 16.3 Å². The highest BCUT2D eigenvalue weighted by molar-refractivity contribution is 7.90. The molecule has 1 aromatic rings. The van der Waals surface area contributed by atoms with Gasteiger partial charge in [-0.25, -0.2) is 5.14 Å². The van der Waals surface area contributed by atoms with Gasteiger partial charge in [0.05, 0.1) is 11.1 Å². The van der Waals surface area contributed by atoms with Crippen LogP contribution in [-0.4, -0.2) is 20.9 Å². The van der Waals surface area contributed by atoms with Crippen LogP contribution in [0, 0.1) is 5.41 Å². The molecule has 1 aromatic carbocycles. The standard InChI is InChI=1S/C13H22N4O3S/c1-3-13(4-2,9-14)12(18)16-10-6-5-7-11(8-10)17-21(15,19)20/h5-8,17H,3-4,9,14H2,1-2H3,(H,16,18)(H2,15,19,20). The Morgan fingerprint density at radius 3 is 2.29 bits per heavy atom. The summed E-state index contributed by atoms with van der Waals surface area (Å²) >= 11 is 0. The first kappa shape index (κ1) is 17.4. The number of anilines is 2. The Kier molecular flexibility index (Phi) is 5.70. The zero-order valence-electron chi connectivity index (χ0n) is 12.2. The molecule has 0 fully saturated rings. The maximum atomic E-state index is 12.4. The molecule has 8 heteroatoms. The van der Waals surface area contributed by atoms with Crippen LogP contribution in [0.25, 0.3) is 0 Å². The van der Waals surface area contributed by atoms with Crippen LogP contribution in [-0.2, 0) is 15.0 Å². The van der Waals surface area contributed by atoms with Crippen molar-refractivity contribution in [1.29, 1.82) is 0 Å². The molecule has 0 saturated heterocycles. The molecule has 0 heterocycles. The summed E-state index contributed by atoms with van der Waals surface area (Å²) in [5.74, 6) is -0.178. The van der Waals surface area contributed by atoms with Gasteiger partial charge in [0.15, 0.2) is 0 Å². The Morgan fingerprint density at radius 2 is 1.81 bits per heavy atom. The quantitative estimate of drug-likeness (QED) is 0.598. The Balaban J connectivity index is 2.93. The van der Waals surface area contributed by atoms with Crippen LogP contribution in [0.4, 0.5) is 11.4 Å². The van der Waals surface area contributed by atoms with Crippen molar-refractivity contribution in [2.45, 2.75) is 26.7 Å². The van der Waals surface area contributed by atoms with Gasteiger partial charge in [-0.15, -0.1) is 0 Å². The summed E-state index contributed by atoms with van der Waals surface area (Å²) in [7, 11) is -3.85. The average Bonchev–Trinajstić information content (AvgIpc) is 2.40. The van der Waals surface area contributed by atoms with Crippen LogP contribution in [0.1, 0.15) is 26.7 Å². The minimum absolute atomic E-state index is 0.178. The van der Waals surface area contributed by atoms with Crippen molar-refractivity contribution in [3.05, 3.63) is 24.3 Å². The predicted octanol–water partition coefficient (Wildman–Crippen LogP) is 1.01.